The largest absolute Gasteiger partial charge is 0.392 e. The predicted octanol–water partition coefficient (Wildman–Crippen LogP) is 3.20. The zero-order valence-electron chi connectivity index (χ0n) is 12.1. The molecule has 1 aliphatic rings. The fraction of sp³-hybridized carbons (Fsp3) is 1.00. The fourth-order valence-electron chi connectivity index (χ4n) is 3.05. The minimum atomic E-state index is -0.127. The molecule has 2 nitrogen and oxygen atoms in total. The number of aliphatic hydroxyl groups excluding tert-OH is 1. The molecule has 0 saturated heterocycles. The maximum absolute atomic E-state index is 10.1. The lowest BCUT2D eigenvalue weighted by molar-refractivity contribution is 0.113. The van der Waals surface area contributed by atoms with E-state index in [4.69, 9.17) is 0 Å². The van der Waals surface area contributed by atoms with E-state index in [1.165, 1.54) is 19.3 Å². The summed E-state index contributed by atoms with van der Waals surface area (Å²) in [7, 11) is 0. The zero-order chi connectivity index (χ0) is 12.8. The molecule has 0 bridgehead atoms. The molecule has 1 aliphatic carbocycles. The van der Waals surface area contributed by atoms with E-state index in [1.54, 1.807) is 0 Å². The minimum Gasteiger partial charge on any atom is -0.392 e. The van der Waals surface area contributed by atoms with Crippen molar-refractivity contribution in [3.05, 3.63) is 0 Å². The average Bonchev–Trinajstić information content (AvgIpc) is 2.43. The van der Waals surface area contributed by atoms with Gasteiger partial charge in [0.15, 0.2) is 0 Å². The van der Waals surface area contributed by atoms with Crippen LogP contribution < -0.4 is 5.32 Å². The van der Waals surface area contributed by atoms with Gasteiger partial charge in [0.1, 0.15) is 0 Å². The van der Waals surface area contributed by atoms with Crippen LogP contribution in [0.25, 0.3) is 0 Å². The molecular formula is C15H31NO. The van der Waals surface area contributed by atoms with Crippen LogP contribution in [0, 0.1) is 17.8 Å². The summed E-state index contributed by atoms with van der Waals surface area (Å²) in [4.78, 5) is 0. The molecule has 0 aromatic heterocycles. The third-order valence-corrected chi connectivity index (χ3v) is 4.31. The third kappa shape index (κ3) is 4.97. The highest BCUT2D eigenvalue weighted by atomic mass is 16.3. The summed E-state index contributed by atoms with van der Waals surface area (Å²) in [6.07, 6.45) is 5.74. The first-order valence-electron chi connectivity index (χ1n) is 7.43. The van der Waals surface area contributed by atoms with Crippen LogP contribution in [0.4, 0.5) is 0 Å². The van der Waals surface area contributed by atoms with Crippen molar-refractivity contribution in [2.45, 2.75) is 71.9 Å². The lowest BCUT2D eigenvalue weighted by Crippen LogP contribution is -2.43. The molecule has 0 aromatic carbocycles. The van der Waals surface area contributed by atoms with Gasteiger partial charge in [0.05, 0.1) is 6.10 Å². The second-order valence-corrected chi connectivity index (χ2v) is 6.37. The fourth-order valence-corrected chi connectivity index (χ4v) is 3.05. The van der Waals surface area contributed by atoms with Gasteiger partial charge < -0.3 is 10.4 Å². The van der Waals surface area contributed by atoms with Crippen LogP contribution in [0.3, 0.4) is 0 Å². The summed E-state index contributed by atoms with van der Waals surface area (Å²) in [5.74, 6) is 2.14. The maximum atomic E-state index is 10.1. The Labute approximate surface area is 107 Å². The molecule has 1 saturated carbocycles. The average molecular weight is 241 g/mol. The molecule has 0 amide bonds. The molecule has 102 valence electrons. The summed E-state index contributed by atoms with van der Waals surface area (Å²) < 4.78 is 0. The first kappa shape index (κ1) is 15.0. The van der Waals surface area contributed by atoms with E-state index < -0.39 is 0 Å². The molecule has 0 spiro atoms. The van der Waals surface area contributed by atoms with Gasteiger partial charge in [0, 0.05) is 6.04 Å². The molecule has 1 fully saturated rings. The monoisotopic (exact) mass is 241 g/mol. The molecule has 1 rings (SSSR count). The normalized spacial score (nSPS) is 26.8. The number of aliphatic hydroxyl groups is 1. The molecule has 0 aliphatic heterocycles. The maximum Gasteiger partial charge on any atom is 0.0693 e. The number of nitrogens with one attached hydrogen (secondary N) is 1. The van der Waals surface area contributed by atoms with Crippen LogP contribution >= 0.6 is 0 Å². The molecule has 17 heavy (non-hydrogen) atoms. The Morgan fingerprint density at radius 3 is 2.18 bits per heavy atom. The summed E-state index contributed by atoms with van der Waals surface area (Å²) in [5.41, 5.74) is 0. The Hall–Kier alpha value is -0.0800. The van der Waals surface area contributed by atoms with E-state index in [1.807, 2.05) is 0 Å². The van der Waals surface area contributed by atoms with Gasteiger partial charge in [-0.25, -0.2) is 0 Å². The predicted molar refractivity (Wildman–Crippen MR) is 74.0 cm³/mol. The Kier molecular flexibility index (Phi) is 6.50. The first-order valence-corrected chi connectivity index (χ1v) is 7.43. The van der Waals surface area contributed by atoms with Crippen LogP contribution in [-0.2, 0) is 0 Å². The Bertz CT molecular complexity index is 195. The summed E-state index contributed by atoms with van der Waals surface area (Å²) in [6.45, 7) is 10.3. The van der Waals surface area contributed by atoms with Gasteiger partial charge in [-0.2, -0.15) is 0 Å². The van der Waals surface area contributed by atoms with Crippen LogP contribution in [0.2, 0.25) is 0 Å². The Morgan fingerprint density at radius 1 is 1.00 bits per heavy atom. The van der Waals surface area contributed by atoms with E-state index in [-0.39, 0.29) is 6.10 Å². The molecule has 2 unspecified atom stereocenters. The minimum absolute atomic E-state index is 0.127. The molecule has 0 radical (unpaired) electrons. The summed E-state index contributed by atoms with van der Waals surface area (Å²) in [5, 5.41) is 13.7. The van der Waals surface area contributed by atoms with Crippen LogP contribution in [0.5, 0.6) is 0 Å². The molecule has 2 N–H and O–H groups in total. The topological polar surface area (TPSA) is 32.3 Å². The molecule has 0 aromatic rings. The highest BCUT2D eigenvalue weighted by molar-refractivity contribution is 4.81. The lowest BCUT2D eigenvalue weighted by atomic mass is 9.85. The first-order chi connectivity index (χ1) is 8.02. The smallest absolute Gasteiger partial charge is 0.0693 e. The van der Waals surface area contributed by atoms with Crippen molar-refractivity contribution in [1.82, 2.24) is 5.32 Å². The number of rotatable bonds is 5. The van der Waals surface area contributed by atoms with Gasteiger partial charge in [-0.05, 0) is 37.1 Å². The van der Waals surface area contributed by atoms with Crippen molar-refractivity contribution in [3.63, 3.8) is 0 Å². The molecule has 2 heteroatoms. The quantitative estimate of drug-likeness (QED) is 0.725. The second-order valence-electron chi connectivity index (χ2n) is 6.37. The van der Waals surface area contributed by atoms with Crippen molar-refractivity contribution in [2.24, 2.45) is 17.8 Å². The standard InChI is InChI=1S/C15H31NO/c1-11(2)13(12(3)4)10-16-14-8-6-5-7-9-15(14)17/h11-17H,5-10H2,1-4H3. The Morgan fingerprint density at radius 2 is 1.59 bits per heavy atom. The van der Waals surface area contributed by atoms with Gasteiger partial charge >= 0.3 is 0 Å². The second kappa shape index (κ2) is 7.38. The lowest BCUT2D eigenvalue weighted by Gasteiger charge is -2.29. The van der Waals surface area contributed by atoms with Crippen molar-refractivity contribution < 1.29 is 5.11 Å². The van der Waals surface area contributed by atoms with Gasteiger partial charge in [0.25, 0.3) is 0 Å². The van der Waals surface area contributed by atoms with Gasteiger partial charge in [0.2, 0.25) is 0 Å². The van der Waals surface area contributed by atoms with E-state index in [9.17, 15) is 5.11 Å². The highest BCUT2D eigenvalue weighted by Crippen LogP contribution is 2.22. The Balaban J connectivity index is 2.41. The van der Waals surface area contributed by atoms with Gasteiger partial charge in [-0.1, -0.05) is 47.0 Å². The summed E-state index contributed by atoms with van der Waals surface area (Å²) in [6, 6.07) is 0.331. The van der Waals surface area contributed by atoms with Gasteiger partial charge in [-0.15, -0.1) is 0 Å². The van der Waals surface area contributed by atoms with Crippen molar-refractivity contribution in [1.29, 1.82) is 0 Å². The highest BCUT2D eigenvalue weighted by Gasteiger charge is 2.24. The molecule has 2 atom stereocenters. The molecular weight excluding hydrogens is 210 g/mol. The van der Waals surface area contributed by atoms with E-state index in [2.05, 4.69) is 33.0 Å². The SMILES string of the molecule is CC(C)C(CNC1CCCCCC1O)C(C)C. The van der Waals surface area contributed by atoms with Crippen LogP contribution in [0.15, 0.2) is 0 Å². The van der Waals surface area contributed by atoms with Crippen molar-refractivity contribution in [3.8, 4) is 0 Å². The van der Waals surface area contributed by atoms with Crippen molar-refractivity contribution >= 4 is 0 Å². The number of hydrogen-bond donors (Lipinski definition) is 2. The van der Waals surface area contributed by atoms with E-state index >= 15 is 0 Å². The number of hydrogen-bond acceptors (Lipinski definition) is 2. The van der Waals surface area contributed by atoms with E-state index in [0.29, 0.717) is 23.8 Å². The molecule has 0 heterocycles. The third-order valence-electron chi connectivity index (χ3n) is 4.31. The summed E-state index contributed by atoms with van der Waals surface area (Å²) >= 11 is 0. The van der Waals surface area contributed by atoms with Crippen LogP contribution in [0.1, 0.15) is 59.8 Å². The zero-order valence-corrected chi connectivity index (χ0v) is 12.1. The van der Waals surface area contributed by atoms with Crippen LogP contribution in [-0.4, -0.2) is 23.8 Å². The van der Waals surface area contributed by atoms with Crippen molar-refractivity contribution in [2.75, 3.05) is 6.54 Å². The van der Waals surface area contributed by atoms with E-state index in [0.717, 1.165) is 19.4 Å². The van der Waals surface area contributed by atoms with Gasteiger partial charge in [-0.3, -0.25) is 0 Å².